The van der Waals surface area contributed by atoms with Gasteiger partial charge in [-0.25, -0.2) is 13.2 Å². The van der Waals surface area contributed by atoms with Crippen LogP contribution in [-0.4, -0.2) is 48.2 Å². The molecule has 0 bridgehead atoms. The first-order valence-corrected chi connectivity index (χ1v) is 8.93. The second kappa shape index (κ2) is 7.89. The highest BCUT2D eigenvalue weighted by atomic mass is 32.2. The van der Waals surface area contributed by atoms with Gasteiger partial charge in [0.05, 0.1) is 6.61 Å². The third-order valence-electron chi connectivity index (χ3n) is 3.87. The Kier molecular flexibility index (Phi) is 6.72. The second-order valence-electron chi connectivity index (χ2n) is 5.33. The minimum absolute atomic E-state index is 0.150. The number of nitrogens with zero attached hydrogens (tertiary/aromatic N) is 3. The summed E-state index contributed by atoms with van der Waals surface area (Å²) in [6, 6.07) is -0.239. The van der Waals surface area contributed by atoms with Crippen LogP contribution in [0.5, 0.6) is 0 Å². The minimum Gasteiger partial charge on any atom is -0.383 e. The molecule has 0 aromatic carbocycles. The van der Waals surface area contributed by atoms with Gasteiger partial charge in [0.25, 0.3) is 5.56 Å². The molecule has 0 N–H and O–H groups in total. The smallest absolute Gasteiger partial charge is 0.330 e. The molecule has 1 heterocycles. The molecule has 0 saturated heterocycles. The van der Waals surface area contributed by atoms with E-state index in [2.05, 4.69) is 0 Å². The van der Waals surface area contributed by atoms with Crippen molar-refractivity contribution >= 4 is 10.0 Å². The Balaban J connectivity index is 3.53. The number of aryl methyl sites for hydroxylation is 1. The van der Waals surface area contributed by atoms with Crippen LogP contribution in [0.15, 0.2) is 20.7 Å². The Hall–Kier alpha value is -1.45. The fourth-order valence-electron chi connectivity index (χ4n) is 2.45. The van der Waals surface area contributed by atoms with Crippen molar-refractivity contribution in [2.24, 2.45) is 14.1 Å². The molecule has 0 aliphatic carbocycles. The molecule has 0 aliphatic heterocycles. The lowest BCUT2D eigenvalue weighted by molar-refractivity contribution is 0.163. The van der Waals surface area contributed by atoms with E-state index in [-0.39, 0.29) is 19.2 Å². The zero-order valence-electron chi connectivity index (χ0n) is 14.3. The molecule has 0 amide bonds. The lowest BCUT2D eigenvalue weighted by Crippen LogP contribution is -2.46. The first-order valence-electron chi connectivity index (χ1n) is 7.49. The average Bonchev–Trinajstić information content (AvgIpc) is 2.52. The Bertz CT molecular complexity index is 747. The SMILES string of the molecule is CCC(CC)N(CCOC)S(=O)(=O)c1cn(C)c(=O)n(C)c1=O. The fraction of sp³-hybridized carbons (Fsp3) is 0.714. The van der Waals surface area contributed by atoms with Crippen molar-refractivity contribution < 1.29 is 13.2 Å². The van der Waals surface area contributed by atoms with Gasteiger partial charge in [-0.1, -0.05) is 13.8 Å². The lowest BCUT2D eigenvalue weighted by Gasteiger charge is -2.29. The van der Waals surface area contributed by atoms with Crippen LogP contribution in [0.1, 0.15) is 26.7 Å². The molecule has 1 rings (SSSR count). The van der Waals surface area contributed by atoms with E-state index in [0.717, 1.165) is 15.3 Å². The number of hydrogen-bond donors (Lipinski definition) is 0. The number of ether oxygens (including phenoxy) is 1. The molecule has 0 aliphatic rings. The van der Waals surface area contributed by atoms with Crippen LogP contribution in [0.4, 0.5) is 0 Å². The van der Waals surface area contributed by atoms with E-state index in [1.807, 2.05) is 13.8 Å². The molecule has 0 saturated carbocycles. The first kappa shape index (κ1) is 19.6. The van der Waals surface area contributed by atoms with Crippen molar-refractivity contribution in [2.75, 3.05) is 20.3 Å². The van der Waals surface area contributed by atoms with Crippen molar-refractivity contribution in [1.82, 2.24) is 13.4 Å². The van der Waals surface area contributed by atoms with Crippen molar-refractivity contribution in [3.8, 4) is 0 Å². The summed E-state index contributed by atoms with van der Waals surface area (Å²) in [5.41, 5.74) is -1.39. The standard InChI is InChI=1S/C14H25N3O5S/c1-6-11(7-2)17(8-9-22-5)23(20,21)12-10-15(3)14(19)16(4)13(12)18/h10-11H,6-9H2,1-5H3. The number of hydrogen-bond acceptors (Lipinski definition) is 5. The summed E-state index contributed by atoms with van der Waals surface area (Å²) in [4.78, 5) is 23.6. The molecule has 1 aromatic heterocycles. The van der Waals surface area contributed by atoms with E-state index in [1.165, 1.54) is 25.5 Å². The fourth-order valence-corrected chi connectivity index (χ4v) is 4.36. The number of aromatic nitrogens is 2. The van der Waals surface area contributed by atoms with Crippen LogP contribution in [-0.2, 0) is 28.9 Å². The van der Waals surface area contributed by atoms with Crippen molar-refractivity contribution in [2.45, 2.75) is 37.6 Å². The second-order valence-corrected chi connectivity index (χ2v) is 7.19. The Labute approximate surface area is 136 Å². The van der Waals surface area contributed by atoms with Crippen LogP contribution >= 0.6 is 0 Å². The van der Waals surface area contributed by atoms with Gasteiger partial charge in [-0.2, -0.15) is 4.31 Å². The molecular formula is C14H25N3O5S. The molecule has 8 nitrogen and oxygen atoms in total. The summed E-state index contributed by atoms with van der Waals surface area (Å²) >= 11 is 0. The molecule has 9 heteroatoms. The number of sulfonamides is 1. The van der Waals surface area contributed by atoms with Gasteiger partial charge >= 0.3 is 5.69 Å². The highest BCUT2D eigenvalue weighted by Crippen LogP contribution is 2.18. The van der Waals surface area contributed by atoms with Crippen molar-refractivity contribution in [3.63, 3.8) is 0 Å². The zero-order valence-corrected chi connectivity index (χ0v) is 15.1. The Morgan fingerprint density at radius 1 is 1.22 bits per heavy atom. The van der Waals surface area contributed by atoms with Gasteiger partial charge < -0.3 is 9.30 Å². The topological polar surface area (TPSA) is 90.6 Å². The third kappa shape index (κ3) is 3.91. The highest BCUT2D eigenvalue weighted by Gasteiger charge is 2.32. The predicted octanol–water partition coefficient (Wildman–Crippen LogP) is -0.0903. The molecule has 1 aromatic rings. The molecular weight excluding hydrogens is 322 g/mol. The molecule has 0 spiro atoms. The molecule has 0 unspecified atom stereocenters. The number of methoxy groups -OCH3 is 1. The molecule has 132 valence electrons. The molecule has 0 atom stereocenters. The van der Waals surface area contributed by atoms with Gasteiger partial charge in [0.2, 0.25) is 10.0 Å². The van der Waals surface area contributed by atoms with Gasteiger partial charge in [0, 0.05) is 40.0 Å². The molecule has 0 radical (unpaired) electrons. The maximum absolute atomic E-state index is 13.0. The minimum atomic E-state index is -4.03. The van der Waals surface area contributed by atoms with E-state index in [1.54, 1.807) is 0 Å². The van der Waals surface area contributed by atoms with E-state index >= 15 is 0 Å². The first-order chi connectivity index (χ1) is 10.7. The quantitative estimate of drug-likeness (QED) is 0.655. The maximum Gasteiger partial charge on any atom is 0.330 e. The van der Waals surface area contributed by atoms with Crippen LogP contribution in [0.25, 0.3) is 0 Å². The van der Waals surface area contributed by atoms with Crippen molar-refractivity contribution in [3.05, 3.63) is 27.0 Å². The Morgan fingerprint density at radius 3 is 2.26 bits per heavy atom. The highest BCUT2D eigenvalue weighted by molar-refractivity contribution is 7.89. The number of rotatable bonds is 8. The third-order valence-corrected chi connectivity index (χ3v) is 5.80. The molecule has 0 fully saturated rings. The van der Waals surface area contributed by atoms with E-state index in [4.69, 9.17) is 4.74 Å². The lowest BCUT2D eigenvalue weighted by atomic mass is 10.2. The van der Waals surface area contributed by atoms with Crippen LogP contribution in [0.2, 0.25) is 0 Å². The Morgan fingerprint density at radius 2 is 1.78 bits per heavy atom. The van der Waals surface area contributed by atoms with Gasteiger partial charge in [-0.15, -0.1) is 0 Å². The predicted molar refractivity (Wildman–Crippen MR) is 87.1 cm³/mol. The van der Waals surface area contributed by atoms with Gasteiger partial charge in [-0.3, -0.25) is 9.36 Å². The largest absolute Gasteiger partial charge is 0.383 e. The summed E-state index contributed by atoms with van der Waals surface area (Å²) in [6.07, 6.45) is 2.32. The van der Waals surface area contributed by atoms with Crippen LogP contribution < -0.4 is 11.2 Å². The normalized spacial score (nSPS) is 12.3. The summed E-state index contributed by atoms with van der Waals surface area (Å²) < 4.78 is 34.1. The van der Waals surface area contributed by atoms with E-state index in [0.29, 0.717) is 12.8 Å². The zero-order chi connectivity index (χ0) is 17.8. The maximum atomic E-state index is 13.0. The van der Waals surface area contributed by atoms with Gasteiger partial charge in [0.15, 0.2) is 4.90 Å². The van der Waals surface area contributed by atoms with E-state index in [9.17, 15) is 18.0 Å². The summed E-state index contributed by atoms with van der Waals surface area (Å²) in [6.45, 7) is 4.16. The monoisotopic (exact) mass is 347 g/mol. The van der Waals surface area contributed by atoms with Gasteiger partial charge in [-0.05, 0) is 12.8 Å². The van der Waals surface area contributed by atoms with E-state index < -0.39 is 26.2 Å². The molecule has 23 heavy (non-hydrogen) atoms. The summed E-state index contributed by atoms with van der Waals surface area (Å²) in [5.74, 6) is 0. The van der Waals surface area contributed by atoms with Gasteiger partial charge in [0.1, 0.15) is 0 Å². The van der Waals surface area contributed by atoms with Crippen LogP contribution in [0, 0.1) is 0 Å². The summed E-state index contributed by atoms with van der Waals surface area (Å²) in [5, 5.41) is 0. The summed E-state index contributed by atoms with van der Waals surface area (Å²) in [7, 11) is 0.138. The van der Waals surface area contributed by atoms with Crippen molar-refractivity contribution in [1.29, 1.82) is 0 Å². The van der Waals surface area contributed by atoms with Crippen LogP contribution in [0.3, 0.4) is 0 Å². The average molecular weight is 347 g/mol.